The third kappa shape index (κ3) is 2.67. The summed E-state index contributed by atoms with van der Waals surface area (Å²) in [5.41, 5.74) is 3.51. The quantitative estimate of drug-likeness (QED) is 0.822. The molecule has 2 unspecified atom stereocenters. The fourth-order valence-corrected chi connectivity index (χ4v) is 4.39. The molecule has 0 aliphatic carbocycles. The molecule has 4 rings (SSSR count). The first-order valence-electron chi connectivity index (χ1n) is 8.54. The molecule has 0 bridgehead atoms. The van der Waals surface area contributed by atoms with Crippen molar-refractivity contribution in [2.24, 2.45) is 11.8 Å². The average molecular weight is 316 g/mol. The molecule has 23 heavy (non-hydrogen) atoms. The predicted octanol–water partition coefficient (Wildman–Crippen LogP) is 1.24. The number of aliphatic hydroxyl groups excluding tert-OH is 1. The molecule has 1 aromatic carbocycles. The number of piperidine rings is 1. The second-order valence-corrected chi connectivity index (χ2v) is 7.13. The largest absolute Gasteiger partial charge is 0.457 e. The summed E-state index contributed by atoms with van der Waals surface area (Å²) >= 11 is 0. The molecule has 5 nitrogen and oxygen atoms in total. The van der Waals surface area contributed by atoms with Gasteiger partial charge in [-0.3, -0.25) is 4.90 Å². The first-order valence-corrected chi connectivity index (χ1v) is 8.54. The van der Waals surface area contributed by atoms with E-state index < -0.39 is 6.10 Å². The van der Waals surface area contributed by atoms with Crippen LogP contribution in [-0.4, -0.2) is 48.7 Å². The van der Waals surface area contributed by atoms with E-state index in [0.29, 0.717) is 18.7 Å². The van der Waals surface area contributed by atoms with Gasteiger partial charge in [0, 0.05) is 25.2 Å². The van der Waals surface area contributed by atoms with Crippen LogP contribution in [0.1, 0.15) is 39.6 Å². The molecule has 0 aromatic heterocycles. The number of nitrogens with zero attached hydrogens (tertiary/aromatic N) is 1. The van der Waals surface area contributed by atoms with Crippen molar-refractivity contribution in [3.05, 3.63) is 34.4 Å². The summed E-state index contributed by atoms with van der Waals surface area (Å²) in [4.78, 5) is 14.0. The van der Waals surface area contributed by atoms with Crippen molar-refractivity contribution in [3.63, 3.8) is 0 Å². The molecular formula is C18H24N2O3. The maximum Gasteiger partial charge on any atom is 0.338 e. The molecule has 1 aromatic rings. The molecule has 0 spiro atoms. The van der Waals surface area contributed by atoms with Crippen molar-refractivity contribution < 1.29 is 14.6 Å². The minimum Gasteiger partial charge on any atom is -0.457 e. The lowest BCUT2D eigenvalue weighted by Crippen LogP contribution is -2.35. The van der Waals surface area contributed by atoms with Gasteiger partial charge >= 0.3 is 5.97 Å². The van der Waals surface area contributed by atoms with E-state index in [-0.39, 0.29) is 5.97 Å². The van der Waals surface area contributed by atoms with Crippen LogP contribution in [0.3, 0.4) is 0 Å². The summed E-state index contributed by atoms with van der Waals surface area (Å²) in [6.45, 7) is 7.37. The number of hydrogen-bond acceptors (Lipinski definition) is 5. The molecule has 2 N–H and O–H groups in total. The van der Waals surface area contributed by atoms with Crippen LogP contribution in [0.25, 0.3) is 0 Å². The number of cyclic esters (lactones) is 1. The molecule has 2 saturated heterocycles. The van der Waals surface area contributed by atoms with Gasteiger partial charge in [0.25, 0.3) is 0 Å². The molecular weight excluding hydrogens is 292 g/mol. The van der Waals surface area contributed by atoms with Gasteiger partial charge in [0.2, 0.25) is 0 Å². The maximum atomic E-state index is 11.6. The van der Waals surface area contributed by atoms with Crippen molar-refractivity contribution in [1.29, 1.82) is 0 Å². The Hall–Kier alpha value is -1.43. The summed E-state index contributed by atoms with van der Waals surface area (Å²) in [7, 11) is 0. The molecule has 3 atom stereocenters. The summed E-state index contributed by atoms with van der Waals surface area (Å²) < 4.78 is 5.10. The number of carbonyl (C=O) groups excluding carboxylic acids is 1. The van der Waals surface area contributed by atoms with E-state index in [1.54, 1.807) is 6.07 Å². The predicted molar refractivity (Wildman–Crippen MR) is 86.2 cm³/mol. The standard InChI is InChI=1S/C18H24N2O3/c1-11-14(2-3-15-16(11)10-23-18(15)22)17(21)9-20-7-12-4-5-19-6-13(12)8-20/h2-3,12-13,17,19,21H,4-10H2,1H3/t12?,13?,17-/m0/s1. The van der Waals surface area contributed by atoms with Crippen LogP contribution in [0.15, 0.2) is 12.1 Å². The van der Waals surface area contributed by atoms with Crippen LogP contribution in [0.5, 0.6) is 0 Å². The number of nitrogens with one attached hydrogen (secondary N) is 1. The van der Waals surface area contributed by atoms with Crippen LogP contribution >= 0.6 is 0 Å². The second kappa shape index (κ2) is 5.89. The first-order chi connectivity index (χ1) is 11.1. The van der Waals surface area contributed by atoms with Gasteiger partial charge in [-0.2, -0.15) is 0 Å². The van der Waals surface area contributed by atoms with E-state index >= 15 is 0 Å². The average Bonchev–Trinajstić information content (AvgIpc) is 3.11. The number of rotatable bonds is 3. The van der Waals surface area contributed by atoms with Crippen LogP contribution in [0, 0.1) is 18.8 Å². The van der Waals surface area contributed by atoms with E-state index in [9.17, 15) is 9.90 Å². The van der Waals surface area contributed by atoms with E-state index in [1.165, 1.54) is 6.42 Å². The van der Waals surface area contributed by atoms with E-state index in [0.717, 1.165) is 54.7 Å². The Labute approximate surface area is 136 Å². The Morgan fingerprint density at radius 2 is 2.22 bits per heavy atom. The summed E-state index contributed by atoms with van der Waals surface area (Å²) in [5.74, 6) is 1.25. The number of likely N-dealkylation sites (tertiary alicyclic amines) is 1. The van der Waals surface area contributed by atoms with Crippen LogP contribution in [-0.2, 0) is 11.3 Å². The fraction of sp³-hybridized carbons (Fsp3) is 0.611. The van der Waals surface area contributed by atoms with Gasteiger partial charge in [0.15, 0.2) is 0 Å². The van der Waals surface area contributed by atoms with Crippen molar-refractivity contribution in [3.8, 4) is 0 Å². The third-order valence-electron chi connectivity index (χ3n) is 5.75. The topological polar surface area (TPSA) is 61.8 Å². The Balaban J connectivity index is 1.48. The molecule has 124 valence electrons. The minimum atomic E-state index is -0.510. The molecule has 3 aliphatic heterocycles. The normalized spacial score (nSPS) is 28.3. The van der Waals surface area contributed by atoms with Crippen molar-refractivity contribution >= 4 is 5.97 Å². The highest BCUT2D eigenvalue weighted by molar-refractivity contribution is 5.93. The number of fused-ring (bicyclic) bond motifs is 2. The highest BCUT2D eigenvalue weighted by atomic mass is 16.5. The number of benzene rings is 1. The zero-order chi connectivity index (χ0) is 16.0. The highest BCUT2D eigenvalue weighted by Crippen LogP contribution is 2.32. The molecule has 0 amide bonds. The lowest BCUT2D eigenvalue weighted by Gasteiger charge is -2.24. The van der Waals surface area contributed by atoms with Crippen LogP contribution in [0.4, 0.5) is 0 Å². The zero-order valence-corrected chi connectivity index (χ0v) is 13.5. The maximum absolute atomic E-state index is 11.6. The molecule has 0 radical (unpaired) electrons. The number of hydrogen-bond donors (Lipinski definition) is 2. The Morgan fingerprint density at radius 1 is 1.39 bits per heavy atom. The highest BCUT2D eigenvalue weighted by Gasteiger charge is 2.35. The fourth-order valence-electron chi connectivity index (χ4n) is 4.39. The van der Waals surface area contributed by atoms with Gasteiger partial charge in [0.05, 0.1) is 11.7 Å². The summed E-state index contributed by atoms with van der Waals surface area (Å²) in [5, 5.41) is 14.2. The van der Waals surface area contributed by atoms with Gasteiger partial charge in [-0.25, -0.2) is 4.79 Å². The lowest BCUT2D eigenvalue weighted by atomic mass is 9.90. The van der Waals surface area contributed by atoms with Gasteiger partial charge < -0.3 is 15.2 Å². The van der Waals surface area contributed by atoms with Crippen molar-refractivity contribution in [2.45, 2.75) is 26.1 Å². The number of carbonyl (C=O) groups is 1. The second-order valence-electron chi connectivity index (χ2n) is 7.13. The third-order valence-corrected chi connectivity index (χ3v) is 5.75. The molecule has 3 heterocycles. The molecule has 5 heteroatoms. The summed E-state index contributed by atoms with van der Waals surface area (Å²) in [6, 6.07) is 3.68. The van der Waals surface area contributed by atoms with Gasteiger partial charge in [0.1, 0.15) is 6.61 Å². The van der Waals surface area contributed by atoms with E-state index in [1.807, 2.05) is 13.0 Å². The zero-order valence-electron chi connectivity index (χ0n) is 13.5. The molecule has 3 aliphatic rings. The van der Waals surface area contributed by atoms with Gasteiger partial charge in [-0.1, -0.05) is 6.07 Å². The van der Waals surface area contributed by atoms with Gasteiger partial charge in [-0.15, -0.1) is 0 Å². The number of aliphatic hydroxyl groups is 1. The minimum absolute atomic E-state index is 0.250. The first kappa shape index (κ1) is 15.1. The Morgan fingerprint density at radius 3 is 3.04 bits per heavy atom. The van der Waals surface area contributed by atoms with Gasteiger partial charge in [-0.05, 0) is 55.5 Å². The lowest BCUT2D eigenvalue weighted by molar-refractivity contribution is 0.0535. The number of esters is 1. The van der Waals surface area contributed by atoms with E-state index in [2.05, 4.69) is 10.2 Å². The SMILES string of the molecule is Cc1c([C@@H](O)CN2CC3CCNCC3C2)ccc2c1COC2=O. The Bertz CT molecular complexity index is 617. The van der Waals surface area contributed by atoms with Crippen LogP contribution in [0.2, 0.25) is 0 Å². The number of β-amino-alcohol motifs (C(OH)–C–C–N with tert-alkyl or cyclic N) is 1. The Kier molecular flexibility index (Phi) is 3.87. The van der Waals surface area contributed by atoms with Crippen molar-refractivity contribution in [1.82, 2.24) is 10.2 Å². The smallest absolute Gasteiger partial charge is 0.338 e. The van der Waals surface area contributed by atoms with Crippen LogP contribution < -0.4 is 5.32 Å². The van der Waals surface area contributed by atoms with Crippen molar-refractivity contribution in [2.75, 3.05) is 32.7 Å². The molecule has 0 saturated carbocycles. The van der Waals surface area contributed by atoms with E-state index in [4.69, 9.17) is 4.74 Å². The molecule has 2 fully saturated rings. The summed E-state index contributed by atoms with van der Waals surface area (Å²) in [6.07, 6.45) is 0.735. The monoisotopic (exact) mass is 316 g/mol. The number of ether oxygens (including phenoxy) is 1.